The Kier molecular flexibility index (Phi) is 7.30. The molecule has 0 bridgehead atoms. The lowest BCUT2D eigenvalue weighted by atomic mass is 9.43. The molecule has 0 aromatic carbocycles. The molecule has 5 heteroatoms. The standard InChI is InChI=1S/C27H48N2O3/c1-17(5-8-24(31)32-4)20-6-7-21-25-22(10-12-27(20,21)3)26(2)11-9-19(29-13-14-30)15-18(26)16-23(25)28/h17-23,25,29-30H,5-16,28H2,1-4H3/t17-,18+,19?,20-,21?,22?,23-,25?,26+,27-/m1/s1. The minimum Gasteiger partial charge on any atom is -0.469 e. The Morgan fingerprint density at radius 2 is 1.84 bits per heavy atom. The Hall–Kier alpha value is -0.650. The van der Waals surface area contributed by atoms with E-state index in [1.165, 1.54) is 58.5 Å². The highest BCUT2D eigenvalue weighted by Gasteiger charge is 2.62. The number of aliphatic hydroxyl groups excluding tert-OH is 1. The molecule has 4 unspecified atom stereocenters. The number of esters is 1. The van der Waals surface area contributed by atoms with Crippen molar-refractivity contribution in [2.24, 2.45) is 52.1 Å². The molecule has 0 spiro atoms. The fourth-order valence-corrected chi connectivity index (χ4v) is 9.40. The first-order valence-electron chi connectivity index (χ1n) is 13.4. The molecule has 0 aromatic rings. The van der Waals surface area contributed by atoms with Gasteiger partial charge in [0.2, 0.25) is 0 Å². The number of rotatable bonds is 7. The van der Waals surface area contributed by atoms with Gasteiger partial charge in [0.15, 0.2) is 0 Å². The van der Waals surface area contributed by atoms with Gasteiger partial charge in [-0.3, -0.25) is 4.79 Å². The maximum absolute atomic E-state index is 11.7. The second-order valence-corrected chi connectivity index (χ2v) is 12.4. The molecule has 0 aromatic heterocycles. The topological polar surface area (TPSA) is 84.6 Å². The Bertz CT molecular complexity index is 671. The van der Waals surface area contributed by atoms with Gasteiger partial charge in [-0.1, -0.05) is 20.8 Å². The number of carbonyl (C=O) groups excluding carboxylic acids is 1. The zero-order chi connectivity index (χ0) is 23.1. The summed E-state index contributed by atoms with van der Waals surface area (Å²) in [5.41, 5.74) is 7.83. The molecular formula is C27H48N2O3. The highest BCUT2D eigenvalue weighted by atomic mass is 16.5. The van der Waals surface area contributed by atoms with E-state index in [1.54, 1.807) is 0 Å². The summed E-state index contributed by atoms with van der Waals surface area (Å²) in [5.74, 6) is 4.07. The first-order chi connectivity index (χ1) is 15.2. The van der Waals surface area contributed by atoms with Gasteiger partial charge in [-0.2, -0.15) is 0 Å². The van der Waals surface area contributed by atoms with Gasteiger partial charge in [-0.15, -0.1) is 0 Å². The van der Waals surface area contributed by atoms with Crippen LogP contribution in [-0.4, -0.2) is 43.4 Å². The van der Waals surface area contributed by atoms with Gasteiger partial charge in [0.25, 0.3) is 0 Å². The fraction of sp³-hybridized carbons (Fsp3) is 0.963. The second kappa shape index (κ2) is 9.54. The molecule has 184 valence electrons. The van der Waals surface area contributed by atoms with E-state index in [0.717, 1.165) is 18.3 Å². The monoisotopic (exact) mass is 448 g/mol. The SMILES string of the molecule is COC(=O)CC[C@@H](C)[C@H]1CCC2C3C(CC[C@@]21C)[C@@]1(C)CCC(NCCO)C[C@H]1C[C@H]3N. The van der Waals surface area contributed by atoms with Crippen LogP contribution in [0.1, 0.15) is 85.0 Å². The average molecular weight is 449 g/mol. The van der Waals surface area contributed by atoms with Gasteiger partial charge in [-0.25, -0.2) is 0 Å². The van der Waals surface area contributed by atoms with E-state index in [2.05, 4.69) is 26.1 Å². The van der Waals surface area contributed by atoms with Crippen LogP contribution in [0.15, 0.2) is 0 Å². The summed E-state index contributed by atoms with van der Waals surface area (Å²) in [6.07, 6.45) is 11.7. The summed E-state index contributed by atoms with van der Waals surface area (Å²) in [5, 5.41) is 12.8. The zero-order valence-electron chi connectivity index (χ0n) is 20.9. The van der Waals surface area contributed by atoms with E-state index in [9.17, 15) is 9.90 Å². The van der Waals surface area contributed by atoms with Gasteiger partial charge in [0, 0.05) is 25.0 Å². The van der Waals surface area contributed by atoms with Crippen molar-refractivity contribution in [1.82, 2.24) is 5.32 Å². The fourth-order valence-electron chi connectivity index (χ4n) is 9.40. The third-order valence-corrected chi connectivity index (χ3v) is 11.1. The summed E-state index contributed by atoms with van der Waals surface area (Å²) in [7, 11) is 1.50. The van der Waals surface area contributed by atoms with Crippen LogP contribution in [0.5, 0.6) is 0 Å². The molecular weight excluding hydrogens is 400 g/mol. The van der Waals surface area contributed by atoms with Crippen LogP contribution in [0.2, 0.25) is 0 Å². The van der Waals surface area contributed by atoms with Crippen LogP contribution in [-0.2, 0) is 9.53 Å². The number of fused-ring (bicyclic) bond motifs is 5. The van der Waals surface area contributed by atoms with E-state index in [-0.39, 0.29) is 12.6 Å². The third-order valence-electron chi connectivity index (χ3n) is 11.1. The van der Waals surface area contributed by atoms with Crippen molar-refractivity contribution in [1.29, 1.82) is 0 Å². The van der Waals surface area contributed by atoms with E-state index >= 15 is 0 Å². The molecule has 32 heavy (non-hydrogen) atoms. The molecule has 4 saturated carbocycles. The Labute approximate surface area is 195 Å². The van der Waals surface area contributed by atoms with Crippen molar-refractivity contribution in [3.8, 4) is 0 Å². The average Bonchev–Trinajstić information content (AvgIpc) is 3.13. The van der Waals surface area contributed by atoms with E-state index in [4.69, 9.17) is 10.5 Å². The second-order valence-electron chi connectivity index (χ2n) is 12.4. The molecule has 4 fully saturated rings. The molecule has 4 rings (SSSR count). The predicted octanol–water partition coefficient (Wildman–Crippen LogP) is 4.12. The minimum absolute atomic E-state index is 0.0717. The summed E-state index contributed by atoms with van der Waals surface area (Å²) in [6.45, 7) is 8.46. The Morgan fingerprint density at radius 3 is 2.56 bits per heavy atom. The first kappa shape index (κ1) is 24.5. The van der Waals surface area contributed by atoms with Crippen molar-refractivity contribution in [3.05, 3.63) is 0 Å². The number of hydrogen-bond acceptors (Lipinski definition) is 5. The first-order valence-corrected chi connectivity index (χ1v) is 13.4. The van der Waals surface area contributed by atoms with Gasteiger partial charge in [0.05, 0.1) is 13.7 Å². The quantitative estimate of drug-likeness (QED) is 0.510. The van der Waals surface area contributed by atoms with Crippen molar-refractivity contribution >= 4 is 5.97 Å². The van der Waals surface area contributed by atoms with Crippen molar-refractivity contribution in [2.75, 3.05) is 20.3 Å². The van der Waals surface area contributed by atoms with Crippen LogP contribution >= 0.6 is 0 Å². The molecule has 0 amide bonds. The van der Waals surface area contributed by atoms with Crippen molar-refractivity contribution in [3.63, 3.8) is 0 Å². The van der Waals surface area contributed by atoms with Crippen LogP contribution in [0.3, 0.4) is 0 Å². The van der Waals surface area contributed by atoms with E-state index in [0.29, 0.717) is 59.6 Å². The molecule has 0 saturated heterocycles. The van der Waals surface area contributed by atoms with Crippen molar-refractivity contribution < 1.29 is 14.6 Å². The molecule has 5 nitrogen and oxygen atoms in total. The summed E-state index contributed by atoms with van der Waals surface area (Å²) in [4.78, 5) is 11.7. The molecule has 4 aliphatic carbocycles. The lowest BCUT2D eigenvalue weighted by molar-refractivity contribution is -0.141. The lowest BCUT2D eigenvalue weighted by Gasteiger charge is -2.63. The number of nitrogens with two attached hydrogens (primary N) is 1. The maximum atomic E-state index is 11.7. The van der Waals surface area contributed by atoms with Gasteiger partial charge < -0.3 is 20.9 Å². The van der Waals surface area contributed by atoms with E-state index in [1.807, 2.05) is 0 Å². The molecule has 4 aliphatic rings. The number of nitrogens with one attached hydrogen (secondary N) is 1. The lowest BCUT2D eigenvalue weighted by Crippen LogP contribution is -2.61. The molecule has 0 heterocycles. The Morgan fingerprint density at radius 1 is 1.12 bits per heavy atom. The number of carbonyl (C=O) groups is 1. The van der Waals surface area contributed by atoms with Crippen LogP contribution < -0.4 is 11.1 Å². The Balaban J connectivity index is 1.48. The number of aliphatic hydroxyl groups is 1. The maximum Gasteiger partial charge on any atom is 0.305 e. The van der Waals surface area contributed by atoms with E-state index < -0.39 is 0 Å². The minimum atomic E-state index is -0.0717. The molecule has 4 N–H and O–H groups in total. The van der Waals surface area contributed by atoms with Crippen LogP contribution in [0, 0.1) is 46.3 Å². The highest BCUT2D eigenvalue weighted by molar-refractivity contribution is 5.69. The van der Waals surface area contributed by atoms with Crippen molar-refractivity contribution in [2.45, 2.75) is 97.1 Å². The highest BCUT2D eigenvalue weighted by Crippen LogP contribution is 2.68. The molecule has 10 atom stereocenters. The smallest absolute Gasteiger partial charge is 0.305 e. The molecule has 0 radical (unpaired) electrons. The number of methoxy groups -OCH3 is 1. The van der Waals surface area contributed by atoms with Crippen LogP contribution in [0.25, 0.3) is 0 Å². The summed E-state index contributed by atoms with van der Waals surface area (Å²) < 4.78 is 4.90. The van der Waals surface area contributed by atoms with Crippen LogP contribution in [0.4, 0.5) is 0 Å². The normalized spacial score (nSPS) is 46.6. The van der Waals surface area contributed by atoms with Gasteiger partial charge in [0.1, 0.15) is 0 Å². The summed E-state index contributed by atoms with van der Waals surface area (Å²) in [6, 6.07) is 0.868. The summed E-state index contributed by atoms with van der Waals surface area (Å²) >= 11 is 0. The number of ether oxygens (including phenoxy) is 1. The number of hydrogen-bond donors (Lipinski definition) is 3. The largest absolute Gasteiger partial charge is 0.469 e. The third kappa shape index (κ3) is 4.15. The zero-order valence-corrected chi connectivity index (χ0v) is 20.9. The van der Waals surface area contributed by atoms with Gasteiger partial charge >= 0.3 is 5.97 Å². The predicted molar refractivity (Wildman–Crippen MR) is 128 cm³/mol. The molecule has 0 aliphatic heterocycles. The van der Waals surface area contributed by atoms with Gasteiger partial charge in [-0.05, 0) is 104 Å².